The lowest BCUT2D eigenvalue weighted by molar-refractivity contribution is -0.126. The van der Waals surface area contributed by atoms with Crippen LogP contribution in [0.25, 0.3) is 10.8 Å². The van der Waals surface area contributed by atoms with E-state index in [2.05, 4.69) is 14.7 Å². The fourth-order valence-electron chi connectivity index (χ4n) is 4.95. The lowest BCUT2D eigenvalue weighted by atomic mass is 10.1. The molecule has 14 heteroatoms. The average molecular weight is 691 g/mol. The molecule has 0 saturated heterocycles. The van der Waals surface area contributed by atoms with Crippen LogP contribution in [0.15, 0.2) is 88.4 Å². The van der Waals surface area contributed by atoms with Crippen molar-refractivity contribution in [3.8, 4) is 0 Å². The van der Waals surface area contributed by atoms with Crippen molar-refractivity contribution in [3.05, 3.63) is 100 Å². The van der Waals surface area contributed by atoms with E-state index in [1.807, 2.05) is 31.1 Å². The molecule has 1 aromatic heterocycles. The minimum absolute atomic E-state index is 0.0128. The fourth-order valence-corrected chi connectivity index (χ4v) is 7.19. The number of nitrogen functional groups attached to an aromatic ring is 1. The molecule has 3 aromatic carbocycles. The van der Waals surface area contributed by atoms with Gasteiger partial charge in [0.25, 0.3) is 0 Å². The number of hydrogen-bond donors (Lipinski definition) is 3. The number of aliphatic hydroxyl groups is 1. The van der Waals surface area contributed by atoms with E-state index in [9.17, 15) is 27.9 Å². The molecule has 0 fully saturated rings. The van der Waals surface area contributed by atoms with Gasteiger partial charge in [-0.25, -0.2) is 23.1 Å². The number of fused-ring (bicyclic) bond motifs is 1. The van der Waals surface area contributed by atoms with Crippen LogP contribution in [-0.4, -0.2) is 72.4 Å². The molecule has 0 bridgehead atoms. The number of hydrogen-bond acceptors (Lipinski definition) is 11. The first kappa shape index (κ1) is 36.2. The molecule has 12 nitrogen and oxygen atoms in total. The smallest absolute Gasteiger partial charge is 0.241 e. The summed E-state index contributed by atoms with van der Waals surface area (Å²) in [5.41, 5.74) is 8.07. The standard InChI is InChI=1S/C34H38N6O6S2/c1-22(40(21-41)20-25-19-36-23(2)38-33(25)35)31(47-34(44)24-10-6-5-7-11-24)18-30(43)29(42)16-17-37-48(45,46)32-15-9-12-26-27(32)13-8-14-28(26)39(3)4/h5-15,19,21,30,37,43H,16-18,20H2,1-4H3,(H2,35,36,38). The van der Waals surface area contributed by atoms with Gasteiger partial charge in [0.2, 0.25) is 21.5 Å². The van der Waals surface area contributed by atoms with Gasteiger partial charge < -0.3 is 20.6 Å². The summed E-state index contributed by atoms with van der Waals surface area (Å²) < 4.78 is 29.1. The highest BCUT2D eigenvalue weighted by atomic mass is 32.2. The van der Waals surface area contributed by atoms with Crippen molar-refractivity contribution in [1.82, 2.24) is 19.6 Å². The Kier molecular flexibility index (Phi) is 12.1. The van der Waals surface area contributed by atoms with E-state index in [4.69, 9.17) is 5.73 Å². The SMILES string of the molecule is CC(=C(CC(O)C(=O)CCNS(=O)(=O)c1cccc2c(N(C)C)cccc12)SC(=O)c1ccccc1)N(C=O)Cc1cnc(C)nc1N. The number of amides is 1. The van der Waals surface area contributed by atoms with Gasteiger partial charge in [0.15, 0.2) is 5.78 Å². The van der Waals surface area contributed by atoms with Crippen molar-refractivity contribution in [2.45, 2.75) is 44.2 Å². The van der Waals surface area contributed by atoms with Crippen LogP contribution in [0.5, 0.6) is 0 Å². The second-order valence-corrected chi connectivity index (χ2v) is 14.0. The molecule has 4 rings (SSSR count). The van der Waals surface area contributed by atoms with E-state index in [0.29, 0.717) is 34.4 Å². The Balaban J connectivity index is 1.51. The molecule has 48 heavy (non-hydrogen) atoms. The van der Waals surface area contributed by atoms with Crippen LogP contribution in [0.2, 0.25) is 0 Å². The molecule has 0 aliphatic heterocycles. The molecule has 0 radical (unpaired) electrons. The van der Waals surface area contributed by atoms with Gasteiger partial charge in [0, 0.05) is 77.9 Å². The number of ketones is 1. The summed E-state index contributed by atoms with van der Waals surface area (Å²) in [5, 5.41) is 11.9. The van der Waals surface area contributed by atoms with Crippen LogP contribution < -0.4 is 15.4 Å². The molecule has 1 unspecified atom stereocenters. The molecule has 0 spiro atoms. The molecule has 1 heterocycles. The number of benzene rings is 3. The molecule has 0 aliphatic rings. The molecular formula is C34H38N6O6S2. The topological polar surface area (TPSA) is 176 Å². The average Bonchev–Trinajstić information content (AvgIpc) is 3.06. The first-order chi connectivity index (χ1) is 22.8. The number of sulfonamides is 1. The summed E-state index contributed by atoms with van der Waals surface area (Å²) in [6.07, 6.45) is -0.132. The lowest BCUT2D eigenvalue weighted by Crippen LogP contribution is -2.30. The molecule has 0 saturated carbocycles. The number of allylic oxidation sites excluding steroid dienone is 1. The number of aryl methyl sites for hydroxylation is 1. The van der Waals surface area contributed by atoms with Crippen LogP contribution in [0, 0.1) is 6.92 Å². The Morgan fingerprint density at radius 1 is 1.04 bits per heavy atom. The van der Waals surface area contributed by atoms with Gasteiger partial charge in [-0.05, 0) is 37.7 Å². The predicted octanol–water partition coefficient (Wildman–Crippen LogP) is 4.04. The first-order valence-electron chi connectivity index (χ1n) is 15.0. The van der Waals surface area contributed by atoms with Crippen molar-refractivity contribution >= 4 is 61.4 Å². The number of nitrogens with zero attached hydrogens (tertiary/aromatic N) is 4. The minimum atomic E-state index is -4.01. The van der Waals surface area contributed by atoms with Crippen LogP contribution >= 0.6 is 11.8 Å². The number of aliphatic hydroxyl groups excluding tert-OH is 1. The largest absolute Gasteiger partial charge is 0.385 e. The zero-order valence-electron chi connectivity index (χ0n) is 27.1. The minimum Gasteiger partial charge on any atom is -0.385 e. The third-order valence-corrected chi connectivity index (χ3v) is 10.2. The monoisotopic (exact) mass is 690 g/mol. The van der Waals surface area contributed by atoms with Crippen molar-refractivity contribution in [2.75, 3.05) is 31.3 Å². The highest BCUT2D eigenvalue weighted by Crippen LogP contribution is 2.32. The summed E-state index contributed by atoms with van der Waals surface area (Å²) in [7, 11) is -0.271. The highest BCUT2D eigenvalue weighted by molar-refractivity contribution is 8.17. The molecule has 0 aliphatic carbocycles. The molecule has 4 aromatic rings. The normalized spacial score (nSPS) is 12.7. The van der Waals surface area contributed by atoms with Gasteiger partial charge >= 0.3 is 0 Å². The summed E-state index contributed by atoms with van der Waals surface area (Å²) in [6.45, 7) is 3.00. The third kappa shape index (κ3) is 8.83. The first-order valence-corrected chi connectivity index (χ1v) is 17.3. The number of aromatic nitrogens is 2. The molecular weight excluding hydrogens is 653 g/mol. The zero-order chi connectivity index (χ0) is 35.0. The van der Waals surface area contributed by atoms with Crippen LogP contribution in [0.4, 0.5) is 11.5 Å². The van der Waals surface area contributed by atoms with Gasteiger partial charge in [-0.1, -0.05) is 54.6 Å². The number of anilines is 2. The zero-order valence-corrected chi connectivity index (χ0v) is 28.7. The van der Waals surface area contributed by atoms with Gasteiger partial charge in [0.05, 0.1) is 11.4 Å². The predicted molar refractivity (Wildman–Crippen MR) is 188 cm³/mol. The second kappa shape index (κ2) is 16.0. The van der Waals surface area contributed by atoms with Crippen LogP contribution in [-0.2, 0) is 26.2 Å². The quantitative estimate of drug-likeness (QED) is 0.154. The van der Waals surface area contributed by atoms with Gasteiger partial charge in [-0.3, -0.25) is 14.4 Å². The van der Waals surface area contributed by atoms with Crippen molar-refractivity contribution in [1.29, 1.82) is 0 Å². The molecule has 252 valence electrons. The number of nitrogens with two attached hydrogens (primary N) is 1. The molecule has 1 atom stereocenters. The number of carbonyl (C=O) groups is 3. The lowest BCUT2D eigenvalue weighted by Gasteiger charge is -2.23. The van der Waals surface area contributed by atoms with E-state index in [-0.39, 0.29) is 46.7 Å². The summed E-state index contributed by atoms with van der Waals surface area (Å²) >= 11 is 0.793. The van der Waals surface area contributed by atoms with Gasteiger partial charge in [-0.15, -0.1) is 0 Å². The number of Topliss-reactive ketones (excluding diaryl/α,β-unsaturated/α-hetero) is 1. The fraction of sp³-hybridized carbons (Fsp3) is 0.265. The van der Waals surface area contributed by atoms with E-state index >= 15 is 0 Å². The molecule has 1 amide bonds. The Bertz CT molecular complexity index is 1950. The summed E-state index contributed by atoms with van der Waals surface area (Å²) in [6, 6.07) is 18.8. The van der Waals surface area contributed by atoms with E-state index < -0.39 is 21.9 Å². The Labute approximate surface area is 284 Å². The Hall–Kier alpha value is -4.63. The van der Waals surface area contributed by atoms with E-state index in [0.717, 1.165) is 22.8 Å². The number of nitrogens with one attached hydrogen (secondary N) is 1. The van der Waals surface area contributed by atoms with Crippen molar-refractivity contribution < 1.29 is 27.9 Å². The van der Waals surface area contributed by atoms with Crippen molar-refractivity contribution in [2.24, 2.45) is 0 Å². The second-order valence-electron chi connectivity index (χ2n) is 11.2. The number of carbonyl (C=O) groups excluding carboxylic acids is 3. The maximum absolute atomic E-state index is 13.3. The van der Waals surface area contributed by atoms with E-state index in [1.54, 1.807) is 62.4 Å². The maximum Gasteiger partial charge on any atom is 0.241 e. The van der Waals surface area contributed by atoms with Gasteiger partial charge in [-0.2, -0.15) is 0 Å². The Morgan fingerprint density at radius 2 is 1.73 bits per heavy atom. The molecule has 4 N–H and O–H groups in total. The summed E-state index contributed by atoms with van der Waals surface area (Å²) in [4.78, 5) is 50.3. The Morgan fingerprint density at radius 3 is 2.40 bits per heavy atom. The number of rotatable bonds is 15. The summed E-state index contributed by atoms with van der Waals surface area (Å²) in [5.74, 6) is 0.0128. The third-order valence-electron chi connectivity index (χ3n) is 7.59. The van der Waals surface area contributed by atoms with Crippen LogP contribution in [0.3, 0.4) is 0 Å². The highest BCUT2D eigenvalue weighted by Gasteiger charge is 2.25. The van der Waals surface area contributed by atoms with Crippen molar-refractivity contribution in [3.63, 3.8) is 0 Å². The number of thioether (sulfide) groups is 1. The van der Waals surface area contributed by atoms with E-state index in [1.165, 1.54) is 17.2 Å². The van der Waals surface area contributed by atoms with Gasteiger partial charge in [0.1, 0.15) is 17.7 Å². The maximum atomic E-state index is 13.3. The van der Waals surface area contributed by atoms with Crippen LogP contribution in [0.1, 0.15) is 41.5 Å².